The van der Waals surface area contributed by atoms with Crippen LogP contribution in [0.3, 0.4) is 0 Å². The molecule has 0 radical (unpaired) electrons. The molecule has 0 aliphatic carbocycles. The Morgan fingerprint density at radius 3 is 2.67 bits per heavy atom. The highest BCUT2D eigenvalue weighted by molar-refractivity contribution is 7.89. The SMILES string of the molecule is CCn1cc(S(=O)(=O)NCc2cccc(F)c2)cc1CO. The molecule has 7 heteroatoms. The van der Waals surface area contributed by atoms with Gasteiger partial charge in [-0.05, 0) is 30.7 Å². The van der Waals surface area contributed by atoms with Crippen LogP contribution in [0, 0.1) is 5.82 Å². The molecule has 0 amide bonds. The van der Waals surface area contributed by atoms with Crippen LogP contribution >= 0.6 is 0 Å². The lowest BCUT2D eigenvalue weighted by atomic mass is 10.2. The van der Waals surface area contributed by atoms with Crippen LogP contribution < -0.4 is 4.72 Å². The number of aliphatic hydroxyl groups excluding tert-OH is 1. The van der Waals surface area contributed by atoms with Gasteiger partial charge in [-0.15, -0.1) is 0 Å². The Kier molecular flexibility index (Phi) is 4.76. The van der Waals surface area contributed by atoms with E-state index in [1.165, 1.54) is 30.5 Å². The lowest BCUT2D eigenvalue weighted by molar-refractivity contribution is 0.271. The number of aryl methyl sites for hydroxylation is 1. The molecule has 0 aliphatic heterocycles. The number of aliphatic hydroxyl groups is 1. The molecule has 0 aliphatic rings. The summed E-state index contributed by atoms with van der Waals surface area (Å²) in [5.41, 5.74) is 1.07. The minimum atomic E-state index is -3.70. The predicted octanol–water partition coefficient (Wildman–Crippen LogP) is 1.62. The second kappa shape index (κ2) is 6.38. The van der Waals surface area contributed by atoms with Gasteiger partial charge in [0.2, 0.25) is 10.0 Å². The van der Waals surface area contributed by atoms with Crippen molar-refractivity contribution in [3.63, 3.8) is 0 Å². The molecule has 0 saturated carbocycles. The number of hydrogen-bond acceptors (Lipinski definition) is 3. The predicted molar refractivity (Wildman–Crippen MR) is 76.5 cm³/mol. The molecule has 0 saturated heterocycles. The van der Waals surface area contributed by atoms with Crippen molar-refractivity contribution in [3.8, 4) is 0 Å². The maximum atomic E-state index is 13.0. The fourth-order valence-electron chi connectivity index (χ4n) is 2.01. The first-order chi connectivity index (χ1) is 9.96. The zero-order valence-corrected chi connectivity index (χ0v) is 12.4. The summed E-state index contributed by atoms with van der Waals surface area (Å²) in [7, 11) is -3.70. The van der Waals surface area contributed by atoms with Gasteiger partial charge in [-0.1, -0.05) is 12.1 Å². The molecular formula is C14H17FN2O3S. The van der Waals surface area contributed by atoms with Gasteiger partial charge in [-0.25, -0.2) is 17.5 Å². The number of benzene rings is 1. The molecule has 0 unspecified atom stereocenters. The summed E-state index contributed by atoms with van der Waals surface area (Å²) < 4.78 is 41.5. The van der Waals surface area contributed by atoms with E-state index < -0.39 is 15.8 Å². The van der Waals surface area contributed by atoms with Crippen LogP contribution in [0.25, 0.3) is 0 Å². The van der Waals surface area contributed by atoms with Crippen LogP contribution in [0.2, 0.25) is 0 Å². The van der Waals surface area contributed by atoms with E-state index in [4.69, 9.17) is 0 Å². The number of rotatable bonds is 6. The van der Waals surface area contributed by atoms with Crippen LogP contribution in [0.15, 0.2) is 41.4 Å². The first kappa shape index (κ1) is 15.7. The lowest BCUT2D eigenvalue weighted by Gasteiger charge is -2.05. The number of nitrogens with zero attached hydrogens (tertiary/aromatic N) is 1. The number of halogens is 1. The number of nitrogens with one attached hydrogen (secondary N) is 1. The Hall–Kier alpha value is -1.70. The van der Waals surface area contributed by atoms with E-state index >= 15 is 0 Å². The van der Waals surface area contributed by atoms with Gasteiger partial charge in [-0.2, -0.15) is 0 Å². The quantitative estimate of drug-likeness (QED) is 0.851. The van der Waals surface area contributed by atoms with Crippen LogP contribution in [-0.2, 0) is 29.7 Å². The Balaban J connectivity index is 2.16. The third-order valence-corrected chi connectivity index (χ3v) is 4.50. The summed E-state index contributed by atoms with van der Waals surface area (Å²) in [5, 5.41) is 9.19. The number of sulfonamides is 1. The molecular weight excluding hydrogens is 295 g/mol. The van der Waals surface area contributed by atoms with E-state index in [9.17, 15) is 17.9 Å². The zero-order chi connectivity index (χ0) is 15.5. The minimum absolute atomic E-state index is 0.00581. The summed E-state index contributed by atoms with van der Waals surface area (Å²) in [6.07, 6.45) is 1.47. The summed E-state index contributed by atoms with van der Waals surface area (Å²) in [6.45, 7) is 2.20. The molecule has 2 N–H and O–H groups in total. The fraction of sp³-hybridized carbons (Fsp3) is 0.286. The topological polar surface area (TPSA) is 71.3 Å². The summed E-state index contributed by atoms with van der Waals surface area (Å²) in [6, 6.07) is 7.17. The molecule has 1 aromatic carbocycles. The first-order valence-corrected chi connectivity index (χ1v) is 7.98. The molecule has 5 nitrogen and oxygen atoms in total. The van der Waals surface area contributed by atoms with Gasteiger partial charge < -0.3 is 9.67 Å². The van der Waals surface area contributed by atoms with E-state index in [0.29, 0.717) is 17.8 Å². The number of hydrogen-bond donors (Lipinski definition) is 2. The van der Waals surface area contributed by atoms with Gasteiger partial charge in [0.15, 0.2) is 0 Å². The Bertz CT molecular complexity index is 704. The number of aromatic nitrogens is 1. The van der Waals surface area contributed by atoms with Gasteiger partial charge in [0.25, 0.3) is 0 Å². The molecule has 1 heterocycles. The van der Waals surface area contributed by atoms with Crippen LogP contribution in [0.5, 0.6) is 0 Å². The Morgan fingerprint density at radius 2 is 2.10 bits per heavy atom. The molecule has 114 valence electrons. The van der Waals surface area contributed by atoms with Crippen molar-refractivity contribution in [2.24, 2.45) is 0 Å². The monoisotopic (exact) mass is 312 g/mol. The normalized spacial score (nSPS) is 11.8. The highest BCUT2D eigenvalue weighted by atomic mass is 32.2. The third-order valence-electron chi connectivity index (χ3n) is 3.13. The first-order valence-electron chi connectivity index (χ1n) is 6.50. The molecule has 21 heavy (non-hydrogen) atoms. The minimum Gasteiger partial charge on any atom is -0.390 e. The van der Waals surface area contributed by atoms with Crippen LogP contribution in [0.1, 0.15) is 18.2 Å². The van der Waals surface area contributed by atoms with E-state index in [-0.39, 0.29) is 18.0 Å². The van der Waals surface area contributed by atoms with E-state index in [2.05, 4.69) is 4.72 Å². The highest BCUT2D eigenvalue weighted by Crippen LogP contribution is 2.15. The third kappa shape index (κ3) is 3.69. The summed E-state index contributed by atoms with van der Waals surface area (Å²) in [5.74, 6) is -0.411. The summed E-state index contributed by atoms with van der Waals surface area (Å²) in [4.78, 5) is 0.0878. The van der Waals surface area contributed by atoms with Crippen LogP contribution in [0.4, 0.5) is 4.39 Å². The molecule has 0 spiro atoms. The maximum Gasteiger partial charge on any atom is 0.242 e. The largest absolute Gasteiger partial charge is 0.390 e. The average molecular weight is 312 g/mol. The zero-order valence-electron chi connectivity index (χ0n) is 11.6. The second-order valence-corrected chi connectivity index (χ2v) is 6.33. The van der Waals surface area contributed by atoms with Gasteiger partial charge in [-0.3, -0.25) is 0 Å². The average Bonchev–Trinajstić information content (AvgIpc) is 2.89. The fourth-order valence-corrected chi connectivity index (χ4v) is 3.09. The molecule has 0 fully saturated rings. The van der Waals surface area contributed by atoms with E-state index in [1.807, 2.05) is 6.92 Å². The van der Waals surface area contributed by atoms with Crippen LogP contribution in [-0.4, -0.2) is 18.1 Å². The maximum absolute atomic E-state index is 13.0. The van der Waals surface area contributed by atoms with Crippen molar-refractivity contribution in [1.29, 1.82) is 0 Å². The van der Waals surface area contributed by atoms with E-state index in [1.54, 1.807) is 10.6 Å². The van der Waals surface area contributed by atoms with Gasteiger partial charge in [0.1, 0.15) is 5.82 Å². The van der Waals surface area contributed by atoms with Crippen molar-refractivity contribution >= 4 is 10.0 Å². The van der Waals surface area contributed by atoms with Crippen molar-refractivity contribution in [2.75, 3.05) is 0 Å². The van der Waals surface area contributed by atoms with Gasteiger partial charge in [0, 0.05) is 25.0 Å². The lowest BCUT2D eigenvalue weighted by Crippen LogP contribution is -2.22. The highest BCUT2D eigenvalue weighted by Gasteiger charge is 2.17. The van der Waals surface area contributed by atoms with Crippen molar-refractivity contribution < 1.29 is 17.9 Å². The van der Waals surface area contributed by atoms with Crippen molar-refractivity contribution in [2.45, 2.75) is 31.5 Å². The van der Waals surface area contributed by atoms with Crippen molar-refractivity contribution in [1.82, 2.24) is 9.29 Å². The molecule has 0 bridgehead atoms. The second-order valence-electron chi connectivity index (χ2n) is 4.57. The molecule has 0 atom stereocenters. The smallest absolute Gasteiger partial charge is 0.242 e. The van der Waals surface area contributed by atoms with Gasteiger partial charge in [0.05, 0.1) is 11.5 Å². The molecule has 2 rings (SSSR count). The standard InChI is InChI=1S/C14H17FN2O3S/c1-2-17-9-14(7-13(17)10-18)21(19,20)16-8-11-4-3-5-12(15)6-11/h3-7,9,16,18H,2,8,10H2,1H3. The van der Waals surface area contributed by atoms with Gasteiger partial charge >= 0.3 is 0 Å². The van der Waals surface area contributed by atoms with E-state index in [0.717, 1.165) is 0 Å². The Morgan fingerprint density at radius 1 is 1.33 bits per heavy atom. The summed E-state index contributed by atoms with van der Waals surface area (Å²) >= 11 is 0. The van der Waals surface area contributed by atoms with Crippen molar-refractivity contribution in [3.05, 3.63) is 53.6 Å². The molecule has 1 aromatic heterocycles. The molecule has 2 aromatic rings. The Labute approximate surface area is 123 Å².